The summed E-state index contributed by atoms with van der Waals surface area (Å²) in [5.74, 6) is -1.97. The van der Waals surface area contributed by atoms with Crippen LogP contribution in [0, 0.1) is 0 Å². The fourth-order valence-corrected chi connectivity index (χ4v) is 2.78. The van der Waals surface area contributed by atoms with Crippen LogP contribution in [-0.2, 0) is 16.1 Å². The Balaban J connectivity index is 2.53. The highest BCUT2D eigenvalue weighted by atomic mass is 79.9. The quantitative estimate of drug-likeness (QED) is 0.785. The summed E-state index contributed by atoms with van der Waals surface area (Å²) in [6, 6.07) is 8.51. The number of carboxylic acids is 1. The molecular formula is C18H18BrNO5. The highest BCUT2D eigenvalue weighted by molar-refractivity contribution is 9.10. The molecule has 0 saturated carbocycles. The minimum Gasteiger partial charge on any atom is -0.477 e. The van der Waals surface area contributed by atoms with Crippen LogP contribution in [-0.4, -0.2) is 27.2 Å². The molecule has 6 nitrogen and oxygen atoms in total. The van der Waals surface area contributed by atoms with Crippen LogP contribution in [0.25, 0.3) is 11.1 Å². The van der Waals surface area contributed by atoms with Gasteiger partial charge in [0.05, 0.1) is 0 Å². The molecule has 2 aromatic rings. The Kier molecular flexibility index (Phi) is 5.47. The van der Waals surface area contributed by atoms with Crippen LogP contribution in [0.5, 0.6) is 0 Å². The molecule has 1 aromatic heterocycles. The number of aromatic nitrogens is 1. The highest BCUT2D eigenvalue weighted by Crippen LogP contribution is 2.27. The van der Waals surface area contributed by atoms with Gasteiger partial charge in [-0.15, -0.1) is 0 Å². The molecular weight excluding hydrogens is 390 g/mol. The molecule has 1 aromatic carbocycles. The van der Waals surface area contributed by atoms with E-state index in [1.807, 2.05) is 6.07 Å². The third-order valence-electron chi connectivity index (χ3n) is 3.22. The van der Waals surface area contributed by atoms with Gasteiger partial charge in [-0.25, -0.2) is 4.79 Å². The number of hydrogen-bond acceptors (Lipinski definition) is 4. The minimum atomic E-state index is -1.35. The number of carboxylic acid groups (broad SMARTS) is 1. The number of esters is 1. The Hall–Kier alpha value is -2.41. The molecule has 0 amide bonds. The number of hydrogen-bond donors (Lipinski definition) is 1. The maximum Gasteiger partial charge on any atom is 0.341 e. The monoisotopic (exact) mass is 407 g/mol. The zero-order valence-corrected chi connectivity index (χ0v) is 15.7. The first-order valence-electron chi connectivity index (χ1n) is 7.53. The molecule has 7 heteroatoms. The zero-order valence-electron chi connectivity index (χ0n) is 14.1. The van der Waals surface area contributed by atoms with Gasteiger partial charge in [0, 0.05) is 16.2 Å². The highest BCUT2D eigenvalue weighted by Gasteiger charge is 2.20. The smallest absolute Gasteiger partial charge is 0.341 e. The fraction of sp³-hybridized carbons (Fsp3) is 0.278. The van der Waals surface area contributed by atoms with E-state index in [-0.39, 0.29) is 6.54 Å². The van der Waals surface area contributed by atoms with Crippen LogP contribution in [0.15, 0.2) is 45.8 Å². The lowest BCUT2D eigenvalue weighted by atomic mass is 10.1. The van der Waals surface area contributed by atoms with Crippen molar-refractivity contribution in [2.75, 3.05) is 0 Å². The number of benzene rings is 1. The summed E-state index contributed by atoms with van der Waals surface area (Å²) in [4.78, 5) is 35.8. The lowest BCUT2D eigenvalue weighted by molar-refractivity contribution is -0.155. The molecule has 0 radical (unpaired) electrons. The summed E-state index contributed by atoms with van der Waals surface area (Å²) >= 11 is 3.40. The third-order valence-corrected chi connectivity index (χ3v) is 3.91. The van der Waals surface area contributed by atoms with E-state index in [0.717, 1.165) is 9.04 Å². The van der Waals surface area contributed by atoms with E-state index in [9.17, 15) is 19.5 Å². The van der Waals surface area contributed by atoms with E-state index in [1.165, 1.54) is 12.3 Å². The van der Waals surface area contributed by atoms with Gasteiger partial charge >= 0.3 is 11.9 Å². The first-order valence-corrected chi connectivity index (χ1v) is 8.32. The predicted octanol–water partition coefficient (Wildman–Crippen LogP) is 3.32. The van der Waals surface area contributed by atoms with Crippen LogP contribution >= 0.6 is 15.9 Å². The van der Waals surface area contributed by atoms with Gasteiger partial charge in [0.2, 0.25) is 0 Å². The van der Waals surface area contributed by atoms with Crippen LogP contribution in [0.3, 0.4) is 0 Å². The van der Waals surface area contributed by atoms with Gasteiger partial charge in [0.25, 0.3) is 5.56 Å². The summed E-state index contributed by atoms with van der Waals surface area (Å²) in [5, 5.41) is 9.31. The first-order chi connectivity index (χ1) is 11.6. The number of aromatic carboxylic acids is 1. The molecule has 0 unspecified atom stereocenters. The van der Waals surface area contributed by atoms with Gasteiger partial charge in [-0.05, 0) is 38.5 Å². The maximum absolute atomic E-state index is 12.3. The normalized spacial score (nSPS) is 11.2. The molecule has 2 rings (SSSR count). The van der Waals surface area contributed by atoms with Gasteiger partial charge in [-0.2, -0.15) is 0 Å². The first kappa shape index (κ1) is 18.9. The molecule has 0 atom stereocenters. The van der Waals surface area contributed by atoms with Gasteiger partial charge in [0.15, 0.2) is 0 Å². The van der Waals surface area contributed by atoms with Crippen LogP contribution in [0.1, 0.15) is 31.1 Å². The number of carbonyl (C=O) groups excluding carboxylic acids is 1. The van der Waals surface area contributed by atoms with E-state index in [4.69, 9.17) is 4.74 Å². The minimum absolute atomic E-state index is 0.366. The molecule has 132 valence electrons. The lowest BCUT2D eigenvalue weighted by Crippen LogP contribution is -2.32. The SMILES string of the molecule is CC(C)(C)OC(=O)Cn1cc(-c2ccccc2Br)cc(C(=O)O)c1=O. The molecule has 25 heavy (non-hydrogen) atoms. The number of carbonyl (C=O) groups is 2. The van der Waals surface area contributed by atoms with Crippen molar-refractivity contribution in [1.82, 2.24) is 4.57 Å². The fourth-order valence-electron chi connectivity index (χ4n) is 2.26. The molecule has 0 aliphatic rings. The van der Waals surface area contributed by atoms with Gasteiger partial charge in [0.1, 0.15) is 17.7 Å². The summed E-state index contributed by atoms with van der Waals surface area (Å²) in [6.07, 6.45) is 1.46. The molecule has 1 N–H and O–H groups in total. The van der Waals surface area contributed by atoms with Crippen LogP contribution in [0.4, 0.5) is 0 Å². The summed E-state index contributed by atoms with van der Waals surface area (Å²) in [5.41, 5.74) is -0.641. The van der Waals surface area contributed by atoms with E-state index < -0.39 is 28.7 Å². The maximum atomic E-state index is 12.3. The van der Waals surface area contributed by atoms with Crippen molar-refractivity contribution in [2.24, 2.45) is 0 Å². The summed E-state index contributed by atoms with van der Waals surface area (Å²) in [7, 11) is 0. The average molecular weight is 408 g/mol. The summed E-state index contributed by atoms with van der Waals surface area (Å²) in [6.45, 7) is 4.78. The largest absolute Gasteiger partial charge is 0.477 e. The van der Waals surface area contributed by atoms with E-state index in [0.29, 0.717) is 11.1 Å². The van der Waals surface area contributed by atoms with Crippen molar-refractivity contribution in [3.8, 4) is 11.1 Å². The molecule has 0 aliphatic heterocycles. The Morgan fingerprint density at radius 2 is 1.88 bits per heavy atom. The van der Waals surface area contributed by atoms with Crippen molar-refractivity contribution >= 4 is 27.9 Å². The second-order valence-electron chi connectivity index (χ2n) is 6.45. The predicted molar refractivity (Wildman–Crippen MR) is 96.6 cm³/mol. The number of rotatable bonds is 4. The summed E-state index contributed by atoms with van der Waals surface area (Å²) < 4.78 is 7.02. The Morgan fingerprint density at radius 3 is 2.44 bits per heavy atom. The van der Waals surface area contributed by atoms with Crippen molar-refractivity contribution in [3.63, 3.8) is 0 Å². The third kappa shape index (κ3) is 4.79. The second-order valence-corrected chi connectivity index (χ2v) is 7.30. The molecule has 1 heterocycles. The van der Waals surface area contributed by atoms with Crippen molar-refractivity contribution < 1.29 is 19.4 Å². The van der Waals surface area contributed by atoms with E-state index in [1.54, 1.807) is 39.0 Å². The second kappa shape index (κ2) is 7.23. The lowest BCUT2D eigenvalue weighted by Gasteiger charge is -2.20. The molecule has 0 saturated heterocycles. The molecule has 0 aliphatic carbocycles. The van der Waals surface area contributed by atoms with Crippen molar-refractivity contribution in [3.05, 3.63) is 56.9 Å². The Labute approximate surface area is 153 Å². The number of halogens is 1. The molecule has 0 fully saturated rings. The average Bonchev–Trinajstić information content (AvgIpc) is 2.47. The van der Waals surface area contributed by atoms with Crippen molar-refractivity contribution in [1.29, 1.82) is 0 Å². The van der Waals surface area contributed by atoms with Gasteiger partial charge < -0.3 is 14.4 Å². The Bertz CT molecular complexity index is 880. The number of pyridine rings is 1. The van der Waals surface area contributed by atoms with Crippen LogP contribution in [0.2, 0.25) is 0 Å². The van der Waals surface area contributed by atoms with Crippen molar-refractivity contribution in [2.45, 2.75) is 32.9 Å². The van der Waals surface area contributed by atoms with Gasteiger partial charge in [-0.3, -0.25) is 9.59 Å². The standard InChI is InChI=1S/C18H18BrNO5/c1-18(2,3)25-15(21)10-20-9-11(8-13(16(20)22)17(23)24)12-6-4-5-7-14(12)19/h4-9H,10H2,1-3H3,(H,23,24). The van der Waals surface area contributed by atoms with Crippen LogP contribution < -0.4 is 5.56 Å². The molecule has 0 bridgehead atoms. The van der Waals surface area contributed by atoms with E-state index in [2.05, 4.69) is 15.9 Å². The number of ether oxygens (including phenoxy) is 1. The topological polar surface area (TPSA) is 85.6 Å². The Morgan fingerprint density at radius 1 is 1.24 bits per heavy atom. The molecule has 0 spiro atoms. The van der Waals surface area contributed by atoms with Gasteiger partial charge in [-0.1, -0.05) is 34.1 Å². The zero-order chi connectivity index (χ0) is 18.8. The van der Waals surface area contributed by atoms with E-state index >= 15 is 0 Å². The number of nitrogens with zero attached hydrogens (tertiary/aromatic N) is 1.